The predicted octanol–water partition coefficient (Wildman–Crippen LogP) is 2.91. The summed E-state index contributed by atoms with van der Waals surface area (Å²) in [6.45, 7) is 4.74. The largest absolute Gasteiger partial charge is 0.349 e. The van der Waals surface area contributed by atoms with Crippen LogP contribution in [0.1, 0.15) is 29.0 Å². The SMILES string of the molecule is Cc1cc2cc3n(c2cc1Cl)[C@H](C)CNC3=O. The number of aromatic nitrogens is 1. The summed E-state index contributed by atoms with van der Waals surface area (Å²) in [6.07, 6.45) is 0. The number of carbonyl (C=O) groups excluding carboxylic acids is 1. The zero-order chi connectivity index (χ0) is 12.2. The molecule has 1 amide bonds. The molecule has 88 valence electrons. The van der Waals surface area contributed by atoms with E-state index in [1.807, 2.05) is 25.1 Å². The Kier molecular flexibility index (Phi) is 2.20. The van der Waals surface area contributed by atoms with E-state index >= 15 is 0 Å². The van der Waals surface area contributed by atoms with Crippen LogP contribution < -0.4 is 5.32 Å². The van der Waals surface area contributed by atoms with Crippen molar-refractivity contribution in [2.75, 3.05) is 6.54 Å². The van der Waals surface area contributed by atoms with E-state index in [-0.39, 0.29) is 11.9 Å². The molecule has 0 spiro atoms. The molecule has 3 nitrogen and oxygen atoms in total. The first-order chi connectivity index (χ1) is 8.08. The molecular formula is C13H13ClN2O. The van der Waals surface area contributed by atoms with Crippen LogP contribution >= 0.6 is 11.6 Å². The van der Waals surface area contributed by atoms with E-state index in [0.29, 0.717) is 6.54 Å². The van der Waals surface area contributed by atoms with Crippen LogP contribution in [0, 0.1) is 6.92 Å². The molecule has 0 saturated carbocycles. The Bertz CT molecular complexity index is 630. The highest BCUT2D eigenvalue weighted by Crippen LogP contribution is 2.30. The van der Waals surface area contributed by atoms with Gasteiger partial charge in [0, 0.05) is 23.0 Å². The van der Waals surface area contributed by atoms with Crippen LogP contribution in [0.3, 0.4) is 0 Å². The first kappa shape index (κ1) is 10.7. The number of fused-ring (bicyclic) bond motifs is 3. The molecule has 1 aliphatic rings. The summed E-state index contributed by atoms with van der Waals surface area (Å²) in [7, 11) is 0. The van der Waals surface area contributed by atoms with E-state index in [0.717, 1.165) is 27.2 Å². The molecule has 17 heavy (non-hydrogen) atoms. The van der Waals surface area contributed by atoms with Crippen LogP contribution in [-0.2, 0) is 0 Å². The van der Waals surface area contributed by atoms with E-state index in [4.69, 9.17) is 11.6 Å². The molecular weight excluding hydrogens is 236 g/mol. The van der Waals surface area contributed by atoms with Gasteiger partial charge in [-0.3, -0.25) is 4.79 Å². The van der Waals surface area contributed by atoms with Gasteiger partial charge in [-0.15, -0.1) is 0 Å². The van der Waals surface area contributed by atoms with Gasteiger partial charge in [0.2, 0.25) is 0 Å². The zero-order valence-electron chi connectivity index (χ0n) is 9.75. The molecule has 3 rings (SSSR count). The fourth-order valence-corrected chi connectivity index (χ4v) is 2.59. The minimum absolute atomic E-state index is 0.00641. The number of hydrogen-bond donors (Lipinski definition) is 1. The maximum Gasteiger partial charge on any atom is 0.268 e. The Morgan fingerprint density at radius 3 is 2.94 bits per heavy atom. The maximum atomic E-state index is 11.8. The van der Waals surface area contributed by atoms with Crippen LogP contribution in [0.25, 0.3) is 10.9 Å². The summed E-state index contributed by atoms with van der Waals surface area (Å²) in [5.74, 6) is -0.00641. The standard InChI is InChI=1S/C13H13ClN2O/c1-7-3-9-4-12-13(17)15-6-8(2)16(12)11(9)5-10(7)14/h3-5,8H,6H2,1-2H3,(H,15,17)/t8-/m1/s1. The molecule has 1 atom stereocenters. The normalized spacial score (nSPS) is 19.2. The second kappa shape index (κ2) is 3.50. The van der Waals surface area contributed by atoms with E-state index < -0.39 is 0 Å². The number of benzene rings is 1. The topological polar surface area (TPSA) is 34.0 Å². The Balaban J connectivity index is 2.38. The van der Waals surface area contributed by atoms with E-state index in [2.05, 4.69) is 16.8 Å². The molecule has 0 unspecified atom stereocenters. The number of rotatable bonds is 0. The first-order valence-electron chi connectivity index (χ1n) is 5.67. The Morgan fingerprint density at radius 2 is 2.18 bits per heavy atom. The minimum Gasteiger partial charge on any atom is -0.349 e. The molecule has 4 heteroatoms. The van der Waals surface area contributed by atoms with Gasteiger partial charge >= 0.3 is 0 Å². The minimum atomic E-state index is -0.00641. The fourth-order valence-electron chi connectivity index (χ4n) is 2.44. The van der Waals surface area contributed by atoms with Gasteiger partial charge in [-0.05, 0) is 37.6 Å². The lowest BCUT2D eigenvalue weighted by Crippen LogP contribution is -2.37. The fraction of sp³-hybridized carbons (Fsp3) is 0.308. The van der Waals surface area contributed by atoms with Crippen molar-refractivity contribution in [3.63, 3.8) is 0 Å². The molecule has 0 bridgehead atoms. The van der Waals surface area contributed by atoms with E-state index in [1.54, 1.807) is 0 Å². The summed E-state index contributed by atoms with van der Waals surface area (Å²) in [6, 6.07) is 6.18. The van der Waals surface area contributed by atoms with Gasteiger partial charge in [0.1, 0.15) is 5.69 Å². The van der Waals surface area contributed by atoms with E-state index in [9.17, 15) is 4.79 Å². The van der Waals surface area contributed by atoms with Crippen LogP contribution in [-0.4, -0.2) is 17.0 Å². The van der Waals surface area contributed by atoms with Gasteiger partial charge in [-0.2, -0.15) is 0 Å². The third-order valence-electron chi connectivity index (χ3n) is 3.35. The van der Waals surface area contributed by atoms with Gasteiger partial charge < -0.3 is 9.88 Å². The van der Waals surface area contributed by atoms with Crippen molar-refractivity contribution in [3.8, 4) is 0 Å². The number of halogens is 1. The van der Waals surface area contributed by atoms with Gasteiger partial charge in [0.15, 0.2) is 0 Å². The van der Waals surface area contributed by atoms with E-state index in [1.165, 1.54) is 0 Å². The van der Waals surface area contributed by atoms with Crippen LogP contribution in [0.15, 0.2) is 18.2 Å². The van der Waals surface area contributed by atoms with Crippen LogP contribution in [0.4, 0.5) is 0 Å². The number of nitrogens with zero attached hydrogens (tertiary/aromatic N) is 1. The lowest BCUT2D eigenvalue weighted by molar-refractivity contribution is 0.0919. The molecule has 1 N–H and O–H groups in total. The zero-order valence-corrected chi connectivity index (χ0v) is 10.5. The van der Waals surface area contributed by atoms with Crippen LogP contribution in [0.5, 0.6) is 0 Å². The highest BCUT2D eigenvalue weighted by Gasteiger charge is 2.24. The third-order valence-corrected chi connectivity index (χ3v) is 3.76. The Morgan fingerprint density at radius 1 is 1.41 bits per heavy atom. The summed E-state index contributed by atoms with van der Waals surface area (Å²) < 4.78 is 2.07. The number of carbonyl (C=O) groups is 1. The molecule has 0 radical (unpaired) electrons. The number of nitrogens with one attached hydrogen (secondary N) is 1. The highest BCUT2D eigenvalue weighted by molar-refractivity contribution is 6.32. The van der Waals surface area contributed by atoms with Gasteiger partial charge in [-0.25, -0.2) is 0 Å². The molecule has 1 aromatic carbocycles. The summed E-state index contributed by atoms with van der Waals surface area (Å²) >= 11 is 6.16. The number of aryl methyl sites for hydroxylation is 1. The van der Waals surface area contributed by atoms with Crippen molar-refractivity contribution in [1.29, 1.82) is 0 Å². The molecule has 2 aromatic rings. The predicted molar refractivity (Wildman–Crippen MR) is 68.7 cm³/mol. The monoisotopic (exact) mass is 248 g/mol. The van der Waals surface area contributed by atoms with Crippen molar-refractivity contribution >= 4 is 28.4 Å². The smallest absolute Gasteiger partial charge is 0.268 e. The summed E-state index contributed by atoms with van der Waals surface area (Å²) in [5, 5.41) is 4.71. The molecule has 2 heterocycles. The quantitative estimate of drug-likeness (QED) is 0.764. The van der Waals surface area contributed by atoms with Gasteiger partial charge in [-0.1, -0.05) is 11.6 Å². The van der Waals surface area contributed by atoms with Crippen molar-refractivity contribution in [3.05, 3.63) is 34.5 Å². The van der Waals surface area contributed by atoms with Crippen molar-refractivity contribution < 1.29 is 4.79 Å². The highest BCUT2D eigenvalue weighted by atomic mass is 35.5. The summed E-state index contributed by atoms with van der Waals surface area (Å²) in [4.78, 5) is 11.8. The summed E-state index contributed by atoms with van der Waals surface area (Å²) in [5.41, 5.74) is 2.80. The van der Waals surface area contributed by atoms with Gasteiger partial charge in [0.05, 0.1) is 5.52 Å². The molecule has 0 fully saturated rings. The third kappa shape index (κ3) is 1.46. The van der Waals surface area contributed by atoms with Crippen molar-refractivity contribution in [2.24, 2.45) is 0 Å². The Hall–Kier alpha value is -1.48. The average Bonchev–Trinajstić information content (AvgIpc) is 2.64. The lowest BCUT2D eigenvalue weighted by Gasteiger charge is -2.24. The number of amides is 1. The van der Waals surface area contributed by atoms with Crippen molar-refractivity contribution in [1.82, 2.24) is 9.88 Å². The van der Waals surface area contributed by atoms with Crippen LogP contribution in [0.2, 0.25) is 5.02 Å². The maximum absolute atomic E-state index is 11.8. The number of hydrogen-bond acceptors (Lipinski definition) is 1. The molecule has 1 aromatic heterocycles. The molecule has 1 aliphatic heterocycles. The Labute approximate surface area is 104 Å². The first-order valence-corrected chi connectivity index (χ1v) is 6.05. The average molecular weight is 249 g/mol. The molecule has 0 saturated heterocycles. The second-order valence-corrected chi connectivity index (χ2v) is 5.03. The molecule has 0 aliphatic carbocycles. The van der Waals surface area contributed by atoms with Crippen molar-refractivity contribution in [2.45, 2.75) is 19.9 Å². The van der Waals surface area contributed by atoms with Gasteiger partial charge in [0.25, 0.3) is 5.91 Å². The second-order valence-electron chi connectivity index (χ2n) is 4.62. The lowest BCUT2D eigenvalue weighted by atomic mass is 10.2.